The van der Waals surface area contributed by atoms with Crippen molar-refractivity contribution >= 4 is 34.6 Å². The number of hydrogen-bond acceptors (Lipinski definition) is 5. The lowest BCUT2D eigenvalue weighted by molar-refractivity contribution is 0.612. The lowest BCUT2D eigenvalue weighted by Crippen LogP contribution is -2.13. The molecule has 1 fully saturated rings. The second kappa shape index (κ2) is 4.49. The van der Waals surface area contributed by atoms with Crippen LogP contribution in [0.25, 0.3) is 11.1 Å². The van der Waals surface area contributed by atoms with E-state index in [0.29, 0.717) is 17.0 Å². The van der Waals surface area contributed by atoms with E-state index in [4.69, 9.17) is 10.2 Å². The highest BCUT2D eigenvalue weighted by atomic mass is 32.2. The molecule has 1 unspecified atom stereocenters. The summed E-state index contributed by atoms with van der Waals surface area (Å²) in [6.07, 6.45) is 2.60. The third-order valence-corrected chi connectivity index (χ3v) is 4.32. The molecule has 1 aliphatic heterocycles. The minimum absolute atomic E-state index is 0.595. The van der Waals surface area contributed by atoms with E-state index in [9.17, 15) is 0 Å². The summed E-state index contributed by atoms with van der Waals surface area (Å²) < 4.78 is 5.60. The Kier molecular flexibility index (Phi) is 2.84. The first-order valence-corrected chi connectivity index (χ1v) is 6.88. The molecule has 0 radical (unpaired) electrons. The second-order valence-corrected chi connectivity index (χ2v) is 5.67. The Labute approximate surface area is 104 Å². The number of nitrogens with zero attached hydrogens (tertiary/aromatic N) is 1. The normalized spacial score (nSPS) is 19.9. The van der Waals surface area contributed by atoms with Crippen molar-refractivity contribution in [3.8, 4) is 0 Å². The zero-order valence-corrected chi connectivity index (χ0v) is 10.3. The van der Waals surface area contributed by atoms with E-state index < -0.39 is 0 Å². The predicted molar refractivity (Wildman–Crippen MR) is 72.4 cm³/mol. The summed E-state index contributed by atoms with van der Waals surface area (Å²) in [5.74, 6) is 1.27. The van der Waals surface area contributed by atoms with Crippen molar-refractivity contribution < 1.29 is 4.42 Å². The summed E-state index contributed by atoms with van der Waals surface area (Å²) >= 11 is 2.02. The molecule has 0 bridgehead atoms. The van der Waals surface area contributed by atoms with E-state index in [1.807, 2.05) is 23.9 Å². The van der Waals surface area contributed by atoms with Gasteiger partial charge in [0.1, 0.15) is 5.52 Å². The Balaban J connectivity index is 1.72. The van der Waals surface area contributed by atoms with Gasteiger partial charge < -0.3 is 15.5 Å². The molecular weight excluding hydrogens is 234 g/mol. The zero-order valence-electron chi connectivity index (χ0n) is 9.48. The van der Waals surface area contributed by atoms with Crippen molar-refractivity contribution in [2.45, 2.75) is 18.1 Å². The minimum Gasteiger partial charge on any atom is -0.423 e. The van der Waals surface area contributed by atoms with Crippen molar-refractivity contribution in [1.29, 1.82) is 0 Å². The van der Waals surface area contributed by atoms with Crippen LogP contribution in [0.5, 0.6) is 0 Å². The van der Waals surface area contributed by atoms with Gasteiger partial charge in [0.25, 0.3) is 6.01 Å². The summed E-state index contributed by atoms with van der Waals surface area (Å²) in [6.45, 7) is 0.924. The number of oxazole rings is 1. The van der Waals surface area contributed by atoms with Crippen LogP contribution in [-0.4, -0.2) is 22.5 Å². The number of benzene rings is 1. The van der Waals surface area contributed by atoms with Crippen molar-refractivity contribution in [3.63, 3.8) is 0 Å². The molecule has 0 aliphatic carbocycles. The number of fused-ring (bicyclic) bond motifs is 1. The van der Waals surface area contributed by atoms with Crippen molar-refractivity contribution in [1.82, 2.24) is 4.98 Å². The molecule has 0 amide bonds. The van der Waals surface area contributed by atoms with Gasteiger partial charge in [0.2, 0.25) is 0 Å². The molecular formula is C12H15N3OS. The molecule has 1 aromatic heterocycles. The Bertz CT molecular complexity index is 519. The van der Waals surface area contributed by atoms with Gasteiger partial charge in [0, 0.05) is 23.5 Å². The fourth-order valence-electron chi connectivity index (χ4n) is 2.02. The third-order valence-electron chi connectivity index (χ3n) is 2.92. The lowest BCUT2D eigenvalue weighted by atomic mass is 10.2. The van der Waals surface area contributed by atoms with Gasteiger partial charge in [-0.3, -0.25) is 0 Å². The van der Waals surface area contributed by atoms with Crippen LogP contribution in [0.2, 0.25) is 0 Å². The van der Waals surface area contributed by atoms with E-state index in [1.165, 1.54) is 18.6 Å². The smallest absolute Gasteiger partial charge is 0.295 e. The second-order valence-electron chi connectivity index (χ2n) is 4.26. The molecule has 0 spiro atoms. The Morgan fingerprint density at radius 2 is 2.47 bits per heavy atom. The fraction of sp³-hybridized carbons (Fsp3) is 0.417. The fourth-order valence-corrected chi connectivity index (χ4v) is 3.22. The predicted octanol–water partition coefficient (Wildman–Crippen LogP) is 2.72. The van der Waals surface area contributed by atoms with Crippen LogP contribution in [0.4, 0.5) is 11.7 Å². The molecule has 90 valence electrons. The van der Waals surface area contributed by atoms with Crippen LogP contribution in [-0.2, 0) is 0 Å². The maximum atomic E-state index is 5.70. The average Bonchev–Trinajstić information content (AvgIpc) is 2.94. The van der Waals surface area contributed by atoms with E-state index in [0.717, 1.165) is 17.6 Å². The molecule has 1 saturated heterocycles. The number of anilines is 2. The Hall–Kier alpha value is -1.36. The number of nitrogen functional groups attached to an aromatic ring is 1. The zero-order chi connectivity index (χ0) is 11.7. The molecule has 17 heavy (non-hydrogen) atoms. The molecule has 3 rings (SSSR count). The SMILES string of the molecule is Nc1ccc2nc(NCC3CCCS3)oc2c1. The summed E-state index contributed by atoms with van der Waals surface area (Å²) in [5.41, 5.74) is 7.99. The summed E-state index contributed by atoms with van der Waals surface area (Å²) in [7, 11) is 0. The lowest BCUT2D eigenvalue weighted by Gasteiger charge is -2.07. The summed E-state index contributed by atoms with van der Waals surface area (Å²) in [6, 6.07) is 6.11. The molecule has 2 aromatic rings. The Morgan fingerprint density at radius 3 is 3.29 bits per heavy atom. The first-order chi connectivity index (χ1) is 8.31. The number of hydrogen-bond donors (Lipinski definition) is 2. The highest BCUT2D eigenvalue weighted by molar-refractivity contribution is 8.00. The van der Waals surface area contributed by atoms with Crippen molar-refractivity contribution in [2.24, 2.45) is 0 Å². The quantitative estimate of drug-likeness (QED) is 0.819. The molecule has 4 nitrogen and oxygen atoms in total. The number of aromatic nitrogens is 1. The topological polar surface area (TPSA) is 64.1 Å². The largest absolute Gasteiger partial charge is 0.423 e. The van der Waals surface area contributed by atoms with Gasteiger partial charge in [-0.05, 0) is 30.7 Å². The number of thioether (sulfide) groups is 1. The molecule has 0 saturated carbocycles. The molecule has 1 atom stereocenters. The monoisotopic (exact) mass is 249 g/mol. The standard InChI is InChI=1S/C12H15N3OS/c13-8-3-4-10-11(6-8)16-12(15-10)14-7-9-2-1-5-17-9/h3-4,6,9H,1-2,5,7,13H2,(H,14,15). The van der Waals surface area contributed by atoms with Crippen LogP contribution >= 0.6 is 11.8 Å². The number of nitrogens with two attached hydrogens (primary N) is 1. The maximum Gasteiger partial charge on any atom is 0.295 e. The van der Waals surface area contributed by atoms with Crippen LogP contribution in [0.1, 0.15) is 12.8 Å². The molecule has 1 aliphatic rings. The van der Waals surface area contributed by atoms with Gasteiger partial charge in [-0.15, -0.1) is 0 Å². The first kappa shape index (κ1) is 10.8. The highest BCUT2D eigenvalue weighted by Gasteiger charge is 2.16. The number of rotatable bonds is 3. The van der Waals surface area contributed by atoms with Gasteiger partial charge in [-0.25, -0.2) is 0 Å². The average molecular weight is 249 g/mol. The van der Waals surface area contributed by atoms with E-state index in [2.05, 4.69) is 10.3 Å². The highest BCUT2D eigenvalue weighted by Crippen LogP contribution is 2.27. The summed E-state index contributed by atoms with van der Waals surface area (Å²) in [4.78, 5) is 4.37. The summed E-state index contributed by atoms with van der Waals surface area (Å²) in [5, 5.41) is 3.95. The Morgan fingerprint density at radius 1 is 1.53 bits per heavy atom. The van der Waals surface area contributed by atoms with Crippen molar-refractivity contribution in [2.75, 3.05) is 23.3 Å². The number of nitrogens with one attached hydrogen (secondary N) is 1. The molecule has 2 heterocycles. The van der Waals surface area contributed by atoms with Gasteiger partial charge in [0.15, 0.2) is 5.58 Å². The van der Waals surface area contributed by atoms with Gasteiger partial charge >= 0.3 is 0 Å². The van der Waals surface area contributed by atoms with Crippen molar-refractivity contribution in [3.05, 3.63) is 18.2 Å². The van der Waals surface area contributed by atoms with Crippen LogP contribution in [0, 0.1) is 0 Å². The van der Waals surface area contributed by atoms with E-state index in [1.54, 1.807) is 6.07 Å². The molecule has 3 N–H and O–H groups in total. The van der Waals surface area contributed by atoms with Gasteiger partial charge in [-0.2, -0.15) is 16.7 Å². The van der Waals surface area contributed by atoms with E-state index in [-0.39, 0.29) is 0 Å². The van der Waals surface area contributed by atoms with E-state index >= 15 is 0 Å². The van der Waals surface area contributed by atoms with Gasteiger partial charge in [-0.1, -0.05) is 0 Å². The minimum atomic E-state index is 0.595. The van der Waals surface area contributed by atoms with Gasteiger partial charge in [0.05, 0.1) is 0 Å². The third kappa shape index (κ3) is 2.34. The van der Waals surface area contributed by atoms with Crippen LogP contribution < -0.4 is 11.1 Å². The maximum absolute atomic E-state index is 5.70. The molecule has 1 aromatic carbocycles. The van der Waals surface area contributed by atoms with Crippen LogP contribution in [0.15, 0.2) is 22.6 Å². The molecule has 5 heteroatoms. The van der Waals surface area contributed by atoms with Crippen LogP contribution in [0.3, 0.4) is 0 Å². The first-order valence-electron chi connectivity index (χ1n) is 5.83.